The highest BCUT2D eigenvalue weighted by Gasteiger charge is 2.46. The third kappa shape index (κ3) is 4.96. The lowest BCUT2D eigenvalue weighted by atomic mass is 9.95. The molecule has 3 rings (SSSR count). The minimum atomic E-state index is -0.743. The lowest BCUT2D eigenvalue weighted by Gasteiger charge is -2.26. The minimum absolute atomic E-state index is 0.0198. The molecule has 1 N–H and O–H groups in total. The normalized spacial score (nSPS) is 17.5. The Balaban J connectivity index is 2.16. The molecule has 33 heavy (non-hydrogen) atoms. The summed E-state index contributed by atoms with van der Waals surface area (Å²) in [5.41, 5.74) is 1.02. The molecule has 1 heterocycles. The average molecular weight is 455 g/mol. The Morgan fingerprint density at radius 2 is 1.70 bits per heavy atom. The number of nitrogens with zero attached hydrogens (tertiary/aromatic N) is 2. The fourth-order valence-electron chi connectivity index (χ4n) is 3.82. The number of likely N-dealkylation sites (N-methyl/N-ethyl adjacent to an activating group) is 1. The number of hydrogen-bond donors (Lipinski definition) is 1. The molecule has 8 nitrogen and oxygen atoms in total. The molecule has 0 spiro atoms. The van der Waals surface area contributed by atoms with Crippen molar-refractivity contribution < 1.29 is 28.9 Å². The van der Waals surface area contributed by atoms with Gasteiger partial charge in [-0.3, -0.25) is 9.59 Å². The van der Waals surface area contributed by atoms with Crippen LogP contribution in [0, 0.1) is 0 Å². The molecule has 8 heteroatoms. The number of benzene rings is 2. The van der Waals surface area contributed by atoms with E-state index in [9.17, 15) is 14.7 Å². The zero-order valence-corrected chi connectivity index (χ0v) is 19.6. The number of hydrogen-bond acceptors (Lipinski definition) is 7. The van der Waals surface area contributed by atoms with Crippen LogP contribution in [-0.2, 0) is 9.59 Å². The summed E-state index contributed by atoms with van der Waals surface area (Å²) < 4.78 is 16.2. The Morgan fingerprint density at radius 3 is 2.27 bits per heavy atom. The number of carbonyl (C=O) groups is 2. The summed E-state index contributed by atoms with van der Waals surface area (Å²) >= 11 is 0. The van der Waals surface area contributed by atoms with Crippen LogP contribution >= 0.6 is 0 Å². The van der Waals surface area contributed by atoms with Crippen molar-refractivity contribution in [2.45, 2.75) is 13.0 Å². The van der Waals surface area contributed by atoms with Crippen LogP contribution in [-0.4, -0.2) is 74.6 Å². The zero-order valence-electron chi connectivity index (χ0n) is 19.6. The van der Waals surface area contributed by atoms with E-state index in [1.54, 1.807) is 30.3 Å². The second kappa shape index (κ2) is 10.4. The molecule has 0 aliphatic carbocycles. The maximum Gasteiger partial charge on any atom is 0.295 e. The molecule has 0 radical (unpaired) electrons. The number of rotatable bonds is 9. The molecule has 2 aromatic rings. The van der Waals surface area contributed by atoms with Gasteiger partial charge in [0, 0.05) is 19.2 Å². The summed E-state index contributed by atoms with van der Waals surface area (Å²) in [4.78, 5) is 29.6. The third-order valence-electron chi connectivity index (χ3n) is 5.50. The van der Waals surface area contributed by atoms with E-state index in [0.717, 1.165) is 0 Å². The van der Waals surface area contributed by atoms with Gasteiger partial charge in [-0.25, -0.2) is 0 Å². The van der Waals surface area contributed by atoms with Crippen molar-refractivity contribution in [2.75, 3.05) is 48.0 Å². The van der Waals surface area contributed by atoms with Gasteiger partial charge >= 0.3 is 0 Å². The molecular formula is C25H30N2O6. The number of amides is 1. The van der Waals surface area contributed by atoms with Crippen molar-refractivity contribution in [1.82, 2.24) is 9.80 Å². The summed E-state index contributed by atoms with van der Waals surface area (Å²) in [5.74, 6) is -0.120. The van der Waals surface area contributed by atoms with Gasteiger partial charge in [0.1, 0.15) is 23.0 Å². The van der Waals surface area contributed by atoms with Crippen LogP contribution in [0.25, 0.3) is 5.76 Å². The van der Waals surface area contributed by atoms with Crippen LogP contribution < -0.4 is 14.2 Å². The number of ether oxygens (including phenoxy) is 3. The quantitative estimate of drug-likeness (QED) is 0.354. The molecule has 1 aliphatic heterocycles. The number of aliphatic hydroxyl groups excluding tert-OH is 1. The summed E-state index contributed by atoms with van der Waals surface area (Å²) in [6.07, 6.45) is 0. The molecule has 1 aliphatic rings. The smallest absolute Gasteiger partial charge is 0.295 e. The zero-order chi connectivity index (χ0) is 24.1. The Labute approximate surface area is 194 Å². The predicted molar refractivity (Wildman–Crippen MR) is 125 cm³/mol. The van der Waals surface area contributed by atoms with Crippen LogP contribution in [0.15, 0.2) is 48.0 Å². The lowest BCUT2D eigenvalue weighted by molar-refractivity contribution is -0.140. The minimum Gasteiger partial charge on any atom is -0.507 e. The predicted octanol–water partition coefficient (Wildman–Crippen LogP) is 3.09. The first-order valence-corrected chi connectivity index (χ1v) is 10.7. The largest absolute Gasteiger partial charge is 0.507 e. The summed E-state index contributed by atoms with van der Waals surface area (Å²) in [7, 11) is 6.77. The number of ketones is 1. The van der Waals surface area contributed by atoms with Gasteiger partial charge in [-0.05, 0) is 50.8 Å². The number of Topliss-reactive ketones (excluding diaryl/α,β-unsaturated/α-hetero) is 1. The molecule has 0 aromatic heterocycles. The van der Waals surface area contributed by atoms with Crippen LogP contribution in [0.4, 0.5) is 0 Å². The molecule has 176 valence electrons. The molecule has 1 saturated heterocycles. The molecule has 1 amide bonds. The Kier molecular flexibility index (Phi) is 7.60. The van der Waals surface area contributed by atoms with E-state index in [-0.39, 0.29) is 11.3 Å². The highest BCUT2D eigenvalue weighted by molar-refractivity contribution is 6.46. The van der Waals surface area contributed by atoms with E-state index in [2.05, 4.69) is 0 Å². The van der Waals surface area contributed by atoms with Crippen LogP contribution in [0.2, 0.25) is 0 Å². The first kappa shape index (κ1) is 24.1. The standard InChI is InChI=1S/C25H30N2O6/c1-6-33-17-9-7-16(8-10-17)22-21(24(29)25(30)27(22)14-13-26(2)3)23(28)19-12-11-18(31-4)15-20(19)32-5/h7-12,15,22,28H,6,13-14H2,1-5H3/b23-21-. The second-order valence-corrected chi connectivity index (χ2v) is 7.86. The first-order chi connectivity index (χ1) is 15.8. The topological polar surface area (TPSA) is 88.5 Å². The van der Waals surface area contributed by atoms with Crippen molar-refractivity contribution in [3.8, 4) is 17.2 Å². The SMILES string of the molecule is CCOc1ccc(C2/C(=C(/O)c3ccc(OC)cc3OC)C(=O)C(=O)N2CCN(C)C)cc1. The average Bonchev–Trinajstić information content (AvgIpc) is 3.07. The van der Waals surface area contributed by atoms with Crippen molar-refractivity contribution in [2.24, 2.45) is 0 Å². The van der Waals surface area contributed by atoms with Gasteiger partial charge in [-0.15, -0.1) is 0 Å². The Hall–Kier alpha value is -3.52. The number of carbonyl (C=O) groups excluding carboxylic acids is 2. The first-order valence-electron chi connectivity index (χ1n) is 10.7. The molecule has 1 atom stereocenters. The molecule has 1 unspecified atom stereocenters. The summed E-state index contributed by atoms with van der Waals surface area (Å²) in [6.45, 7) is 3.31. The van der Waals surface area contributed by atoms with Gasteiger partial charge in [0.15, 0.2) is 0 Å². The summed E-state index contributed by atoms with van der Waals surface area (Å²) in [6, 6.07) is 11.3. The van der Waals surface area contributed by atoms with E-state index < -0.39 is 17.7 Å². The highest BCUT2D eigenvalue weighted by atomic mass is 16.5. The van der Waals surface area contributed by atoms with E-state index >= 15 is 0 Å². The monoisotopic (exact) mass is 454 g/mol. The third-order valence-corrected chi connectivity index (χ3v) is 5.50. The summed E-state index contributed by atoms with van der Waals surface area (Å²) in [5, 5.41) is 11.3. The van der Waals surface area contributed by atoms with Gasteiger partial charge in [-0.1, -0.05) is 12.1 Å². The molecule has 2 aromatic carbocycles. The van der Waals surface area contributed by atoms with Crippen molar-refractivity contribution in [3.63, 3.8) is 0 Å². The molecule has 0 saturated carbocycles. The maximum absolute atomic E-state index is 13.1. The van der Waals surface area contributed by atoms with Crippen molar-refractivity contribution >= 4 is 17.4 Å². The van der Waals surface area contributed by atoms with E-state index in [0.29, 0.717) is 48.1 Å². The molecular weight excluding hydrogens is 424 g/mol. The fraction of sp³-hybridized carbons (Fsp3) is 0.360. The Bertz CT molecular complexity index is 1050. The van der Waals surface area contributed by atoms with Gasteiger partial charge in [-0.2, -0.15) is 0 Å². The van der Waals surface area contributed by atoms with Crippen LogP contribution in [0.1, 0.15) is 24.1 Å². The number of aliphatic hydroxyl groups is 1. The van der Waals surface area contributed by atoms with Crippen molar-refractivity contribution in [1.29, 1.82) is 0 Å². The fourth-order valence-corrected chi connectivity index (χ4v) is 3.82. The Morgan fingerprint density at radius 1 is 1.03 bits per heavy atom. The maximum atomic E-state index is 13.1. The second-order valence-electron chi connectivity index (χ2n) is 7.86. The van der Waals surface area contributed by atoms with Crippen LogP contribution in [0.3, 0.4) is 0 Å². The van der Waals surface area contributed by atoms with Gasteiger partial charge in [0.05, 0.1) is 38.0 Å². The van der Waals surface area contributed by atoms with Crippen LogP contribution in [0.5, 0.6) is 17.2 Å². The molecule has 0 bridgehead atoms. The number of likely N-dealkylation sites (tertiary alicyclic amines) is 1. The lowest BCUT2D eigenvalue weighted by Crippen LogP contribution is -2.35. The molecule has 1 fully saturated rings. The van der Waals surface area contributed by atoms with E-state index in [1.165, 1.54) is 19.1 Å². The van der Waals surface area contributed by atoms with Gasteiger partial charge in [0.2, 0.25) is 0 Å². The van der Waals surface area contributed by atoms with Gasteiger partial charge in [0.25, 0.3) is 11.7 Å². The van der Waals surface area contributed by atoms with Crippen molar-refractivity contribution in [3.05, 3.63) is 59.2 Å². The highest BCUT2D eigenvalue weighted by Crippen LogP contribution is 2.41. The van der Waals surface area contributed by atoms with Gasteiger partial charge < -0.3 is 29.1 Å². The van der Waals surface area contributed by atoms with E-state index in [1.807, 2.05) is 38.1 Å². The number of methoxy groups -OCH3 is 2. The van der Waals surface area contributed by atoms with E-state index in [4.69, 9.17) is 14.2 Å².